The van der Waals surface area contributed by atoms with E-state index in [1.54, 1.807) is 22.9 Å². The summed E-state index contributed by atoms with van der Waals surface area (Å²) in [6.07, 6.45) is 1.89. The second kappa shape index (κ2) is 5.56. The molecule has 0 bridgehead atoms. The van der Waals surface area contributed by atoms with Crippen LogP contribution in [0.5, 0.6) is 0 Å². The van der Waals surface area contributed by atoms with Gasteiger partial charge in [-0.25, -0.2) is 9.48 Å². The fraction of sp³-hybridized carbons (Fsp3) is 0.214. The molecule has 0 aliphatic rings. The van der Waals surface area contributed by atoms with Crippen molar-refractivity contribution in [2.45, 2.75) is 20.3 Å². The van der Waals surface area contributed by atoms with Gasteiger partial charge in [0, 0.05) is 12.6 Å². The van der Waals surface area contributed by atoms with Gasteiger partial charge in [-0.1, -0.05) is 13.0 Å². The van der Waals surface area contributed by atoms with Gasteiger partial charge in [0.15, 0.2) is 0 Å². The van der Waals surface area contributed by atoms with E-state index in [2.05, 4.69) is 10.4 Å². The normalized spacial score (nSPS) is 10.3. The van der Waals surface area contributed by atoms with Crippen LogP contribution in [0.1, 0.15) is 29.9 Å². The van der Waals surface area contributed by atoms with E-state index in [1.165, 1.54) is 13.1 Å². The Morgan fingerprint density at radius 3 is 2.75 bits per heavy atom. The summed E-state index contributed by atoms with van der Waals surface area (Å²) in [4.78, 5) is 22.2. The van der Waals surface area contributed by atoms with Gasteiger partial charge >= 0.3 is 5.97 Å². The standard InChI is InChI=1S/C14H15N3O3/c1-3-13-12(14(19)20)8-15-17(13)11-6-4-5-10(7-11)16-9(2)18/h4-8H,3H2,1-2H3,(H,16,18)(H,19,20). The fourth-order valence-corrected chi connectivity index (χ4v) is 2.03. The molecule has 1 aromatic heterocycles. The third-order valence-corrected chi connectivity index (χ3v) is 2.85. The van der Waals surface area contributed by atoms with Crippen LogP contribution < -0.4 is 5.32 Å². The smallest absolute Gasteiger partial charge is 0.339 e. The van der Waals surface area contributed by atoms with Crippen molar-refractivity contribution in [1.82, 2.24) is 9.78 Å². The Kier molecular flexibility index (Phi) is 3.84. The molecule has 104 valence electrons. The van der Waals surface area contributed by atoms with Crippen molar-refractivity contribution in [3.05, 3.63) is 41.7 Å². The summed E-state index contributed by atoms with van der Waals surface area (Å²) in [5.41, 5.74) is 2.17. The van der Waals surface area contributed by atoms with Crippen LogP contribution in [0.2, 0.25) is 0 Å². The molecule has 1 amide bonds. The molecule has 0 aliphatic carbocycles. The van der Waals surface area contributed by atoms with E-state index in [-0.39, 0.29) is 11.5 Å². The summed E-state index contributed by atoms with van der Waals surface area (Å²) >= 11 is 0. The van der Waals surface area contributed by atoms with Crippen LogP contribution in [0.3, 0.4) is 0 Å². The van der Waals surface area contributed by atoms with Crippen LogP contribution in [-0.4, -0.2) is 26.8 Å². The third-order valence-electron chi connectivity index (χ3n) is 2.85. The van der Waals surface area contributed by atoms with Gasteiger partial charge in [-0.3, -0.25) is 4.79 Å². The van der Waals surface area contributed by atoms with E-state index in [4.69, 9.17) is 5.11 Å². The molecular formula is C14H15N3O3. The summed E-state index contributed by atoms with van der Waals surface area (Å²) in [7, 11) is 0. The number of nitrogens with one attached hydrogen (secondary N) is 1. The number of anilines is 1. The lowest BCUT2D eigenvalue weighted by molar-refractivity contribution is -0.114. The number of hydrogen-bond donors (Lipinski definition) is 2. The molecule has 0 saturated heterocycles. The largest absolute Gasteiger partial charge is 0.478 e. The quantitative estimate of drug-likeness (QED) is 0.893. The van der Waals surface area contributed by atoms with Crippen LogP contribution in [-0.2, 0) is 11.2 Å². The molecular weight excluding hydrogens is 258 g/mol. The lowest BCUT2D eigenvalue weighted by Gasteiger charge is -2.09. The van der Waals surface area contributed by atoms with Gasteiger partial charge in [-0.05, 0) is 24.6 Å². The second-order valence-electron chi connectivity index (χ2n) is 4.31. The third kappa shape index (κ3) is 2.69. The first-order valence-corrected chi connectivity index (χ1v) is 6.21. The van der Waals surface area contributed by atoms with Gasteiger partial charge in [0.1, 0.15) is 5.56 Å². The first-order chi connectivity index (χ1) is 9.52. The van der Waals surface area contributed by atoms with Crippen molar-refractivity contribution >= 4 is 17.6 Å². The number of hydrogen-bond acceptors (Lipinski definition) is 3. The maximum absolute atomic E-state index is 11.1. The number of nitrogens with zero attached hydrogens (tertiary/aromatic N) is 2. The zero-order valence-corrected chi connectivity index (χ0v) is 11.3. The van der Waals surface area contributed by atoms with E-state index >= 15 is 0 Å². The molecule has 0 radical (unpaired) electrons. The first-order valence-electron chi connectivity index (χ1n) is 6.21. The van der Waals surface area contributed by atoms with Crippen molar-refractivity contribution in [1.29, 1.82) is 0 Å². The lowest BCUT2D eigenvalue weighted by atomic mass is 10.2. The number of carbonyl (C=O) groups is 2. The number of aromatic carboxylic acids is 1. The Bertz CT molecular complexity index is 661. The molecule has 0 atom stereocenters. The van der Waals surface area contributed by atoms with E-state index in [1.807, 2.05) is 13.0 Å². The molecule has 0 saturated carbocycles. The number of carbonyl (C=O) groups excluding carboxylic acids is 1. The Labute approximate surface area is 116 Å². The number of benzene rings is 1. The van der Waals surface area contributed by atoms with Gasteiger partial charge in [0.25, 0.3) is 0 Å². The SMILES string of the molecule is CCc1c(C(=O)O)cnn1-c1cccc(NC(C)=O)c1. The number of carboxylic acids is 1. The zero-order chi connectivity index (χ0) is 14.7. The summed E-state index contributed by atoms with van der Waals surface area (Å²) in [5.74, 6) is -1.16. The molecule has 1 aromatic carbocycles. The summed E-state index contributed by atoms with van der Waals surface area (Å²) < 4.78 is 1.58. The molecule has 1 heterocycles. The molecule has 20 heavy (non-hydrogen) atoms. The molecule has 0 aliphatic heterocycles. The Morgan fingerprint density at radius 1 is 1.40 bits per heavy atom. The zero-order valence-electron chi connectivity index (χ0n) is 11.3. The van der Waals surface area contributed by atoms with Crippen molar-refractivity contribution in [2.24, 2.45) is 0 Å². The predicted molar refractivity (Wildman–Crippen MR) is 74.2 cm³/mol. The van der Waals surface area contributed by atoms with Gasteiger partial charge in [0.2, 0.25) is 5.91 Å². The number of carboxylic acid groups (broad SMARTS) is 1. The summed E-state index contributed by atoms with van der Waals surface area (Å²) in [5, 5.41) is 15.9. The number of rotatable bonds is 4. The lowest BCUT2D eigenvalue weighted by Crippen LogP contribution is -2.08. The Balaban J connectivity index is 2.46. The van der Waals surface area contributed by atoms with E-state index in [0.29, 0.717) is 23.5 Å². The number of amides is 1. The molecule has 6 nitrogen and oxygen atoms in total. The van der Waals surface area contributed by atoms with E-state index in [0.717, 1.165) is 0 Å². The minimum absolute atomic E-state index is 0.162. The maximum Gasteiger partial charge on any atom is 0.339 e. The highest BCUT2D eigenvalue weighted by molar-refractivity contribution is 5.89. The van der Waals surface area contributed by atoms with Gasteiger partial charge in [-0.2, -0.15) is 5.10 Å². The van der Waals surface area contributed by atoms with Crippen molar-refractivity contribution < 1.29 is 14.7 Å². The van der Waals surface area contributed by atoms with Crippen LogP contribution >= 0.6 is 0 Å². The minimum Gasteiger partial charge on any atom is -0.478 e. The molecule has 0 fully saturated rings. The average molecular weight is 273 g/mol. The van der Waals surface area contributed by atoms with Gasteiger partial charge in [0.05, 0.1) is 17.6 Å². The van der Waals surface area contributed by atoms with E-state index < -0.39 is 5.97 Å². The van der Waals surface area contributed by atoms with Gasteiger partial charge < -0.3 is 10.4 Å². The second-order valence-corrected chi connectivity index (χ2v) is 4.31. The molecule has 2 rings (SSSR count). The van der Waals surface area contributed by atoms with Crippen molar-refractivity contribution in [3.8, 4) is 5.69 Å². The van der Waals surface area contributed by atoms with Crippen LogP contribution in [0.25, 0.3) is 5.69 Å². The average Bonchev–Trinajstić information content (AvgIpc) is 2.82. The van der Waals surface area contributed by atoms with Gasteiger partial charge in [-0.15, -0.1) is 0 Å². The van der Waals surface area contributed by atoms with Crippen molar-refractivity contribution in [3.63, 3.8) is 0 Å². The summed E-state index contributed by atoms with van der Waals surface area (Å²) in [6.45, 7) is 3.30. The predicted octanol–water partition coefficient (Wildman–Crippen LogP) is 2.09. The maximum atomic E-state index is 11.1. The number of aromatic nitrogens is 2. The molecule has 2 N–H and O–H groups in total. The monoisotopic (exact) mass is 273 g/mol. The highest BCUT2D eigenvalue weighted by Crippen LogP contribution is 2.19. The van der Waals surface area contributed by atoms with Crippen molar-refractivity contribution in [2.75, 3.05) is 5.32 Å². The fourth-order valence-electron chi connectivity index (χ4n) is 2.03. The van der Waals surface area contributed by atoms with E-state index in [9.17, 15) is 9.59 Å². The molecule has 0 unspecified atom stereocenters. The molecule has 0 spiro atoms. The molecule has 2 aromatic rings. The first kappa shape index (κ1) is 13.8. The molecule has 6 heteroatoms. The van der Waals surface area contributed by atoms with Crippen LogP contribution in [0, 0.1) is 0 Å². The Morgan fingerprint density at radius 2 is 2.15 bits per heavy atom. The highest BCUT2D eigenvalue weighted by Gasteiger charge is 2.16. The highest BCUT2D eigenvalue weighted by atomic mass is 16.4. The summed E-state index contributed by atoms with van der Waals surface area (Å²) in [6, 6.07) is 7.10. The minimum atomic E-state index is -0.994. The topological polar surface area (TPSA) is 84.2 Å². The van der Waals surface area contributed by atoms with Crippen LogP contribution in [0.4, 0.5) is 5.69 Å². The Hall–Kier alpha value is -2.63. The van der Waals surface area contributed by atoms with Crippen LogP contribution in [0.15, 0.2) is 30.5 Å².